The lowest BCUT2D eigenvalue weighted by Crippen LogP contribution is -2.35. The summed E-state index contributed by atoms with van der Waals surface area (Å²) in [7, 11) is 0. The molecule has 96 valence electrons. The third kappa shape index (κ3) is 3.82. The van der Waals surface area contributed by atoms with E-state index in [-0.39, 0.29) is 0 Å². The molecule has 1 fully saturated rings. The van der Waals surface area contributed by atoms with Gasteiger partial charge in [-0.2, -0.15) is 11.3 Å². The first kappa shape index (κ1) is 13.1. The second kappa shape index (κ2) is 5.53. The Bertz CT molecular complexity index is 319. The maximum atomic E-state index is 6.36. The molecule has 1 aliphatic rings. The smallest absolute Gasteiger partial charge is 0.00703 e. The Morgan fingerprint density at radius 3 is 2.71 bits per heavy atom. The van der Waals surface area contributed by atoms with Crippen LogP contribution in [0.1, 0.15) is 51.5 Å². The maximum Gasteiger partial charge on any atom is 0.00703 e. The fraction of sp³-hybridized carbons (Fsp3) is 0.733. The quantitative estimate of drug-likeness (QED) is 0.851. The van der Waals surface area contributed by atoms with Crippen LogP contribution in [0.25, 0.3) is 0 Å². The molecule has 0 aliphatic heterocycles. The molecule has 1 aromatic heterocycles. The van der Waals surface area contributed by atoms with Crippen LogP contribution in [0, 0.1) is 11.3 Å². The van der Waals surface area contributed by atoms with Crippen molar-refractivity contribution in [3.8, 4) is 0 Å². The van der Waals surface area contributed by atoms with Crippen molar-refractivity contribution in [3.63, 3.8) is 0 Å². The average molecular weight is 251 g/mol. The van der Waals surface area contributed by atoms with Gasteiger partial charge >= 0.3 is 0 Å². The number of hydrogen-bond acceptors (Lipinski definition) is 2. The molecule has 0 amide bonds. The standard InChI is InChI=1S/C15H25NS/c1-15(2)8-5-13(6-9-15)14(16)4-3-12-7-10-17-11-12/h7,10-11,13-14H,3-6,8-9,16H2,1-2H3. The van der Waals surface area contributed by atoms with E-state index < -0.39 is 0 Å². The normalized spacial score (nSPS) is 22.5. The van der Waals surface area contributed by atoms with Crippen molar-refractivity contribution in [3.05, 3.63) is 22.4 Å². The largest absolute Gasteiger partial charge is 0.327 e. The molecule has 1 heterocycles. The fourth-order valence-corrected chi connectivity index (χ4v) is 3.56. The predicted molar refractivity (Wildman–Crippen MR) is 76.4 cm³/mol. The van der Waals surface area contributed by atoms with Crippen molar-refractivity contribution >= 4 is 11.3 Å². The minimum Gasteiger partial charge on any atom is -0.327 e. The van der Waals surface area contributed by atoms with Crippen LogP contribution in [0.2, 0.25) is 0 Å². The van der Waals surface area contributed by atoms with Crippen LogP contribution < -0.4 is 5.73 Å². The second-order valence-corrected chi connectivity index (χ2v) is 7.12. The first-order chi connectivity index (χ1) is 8.07. The van der Waals surface area contributed by atoms with Gasteiger partial charge in [-0.3, -0.25) is 0 Å². The van der Waals surface area contributed by atoms with Crippen LogP contribution in [0.15, 0.2) is 16.8 Å². The highest BCUT2D eigenvalue weighted by Gasteiger charge is 2.29. The summed E-state index contributed by atoms with van der Waals surface area (Å²) >= 11 is 1.79. The van der Waals surface area contributed by atoms with E-state index in [9.17, 15) is 0 Å². The number of thiophene rings is 1. The third-order valence-electron chi connectivity index (χ3n) is 4.34. The SMILES string of the molecule is CC1(C)CCC(C(N)CCc2ccsc2)CC1. The Hall–Kier alpha value is -0.340. The summed E-state index contributed by atoms with van der Waals surface area (Å²) in [5.74, 6) is 0.765. The summed E-state index contributed by atoms with van der Waals surface area (Å²) in [5.41, 5.74) is 8.38. The average Bonchev–Trinajstić information content (AvgIpc) is 2.78. The van der Waals surface area contributed by atoms with E-state index in [0.717, 1.165) is 18.8 Å². The van der Waals surface area contributed by atoms with Gasteiger partial charge in [0.25, 0.3) is 0 Å². The first-order valence-electron chi connectivity index (χ1n) is 6.83. The van der Waals surface area contributed by atoms with E-state index in [0.29, 0.717) is 11.5 Å². The summed E-state index contributed by atoms with van der Waals surface area (Å²) in [5, 5.41) is 4.40. The topological polar surface area (TPSA) is 26.0 Å². The Morgan fingerprint density at radius 2 is 2.12 bits per heavy atom. The van der Waals surface area contributed by atoms with Crippen LogP contribution in [0.5, 0.6) is 0 Å². The molecule has 1 unspecified atom stereocenters. The highest BCUT2D eigenvalue weighted by molar-refractivity contribution is 7.07. The zero-order valence-corrected chi connectivity index (χ0v) is 11.9. The molecule has 1 nitrogen and oxygen atoms in total. The monoisotopic (exact) mass is 251 g/mol. The molecular formula is C15H25NS. The molecule has 1 aliphatic carbocycles. The molecular weight excluding hydrogens is 226 g/mol. The van der Waals surface area contributed by atoms with E-state index >= 15 is 0 Å². The van der Waals surface area contributed by atoms with Crippen molar-refractivity contribution < 1.29 is 0 Å². The highest BCUT2D eigenvalue weighted by atomic mass is 32.1. The van der Waals surface area contributed by atoms with E-state index in [1.807, 2.05) is 0 Å². The summed E-state index contributed by atoms with van der Waals surface area (Å²) in [6.45, 7) is 4.78. The van der Waals surface area contributed by atoms with E-state index in [1.165, 1.54) is 31.2 Å². The van der Waals surface area contributed by atoms with Gasteiger partial charge in [0.2, 0.25) is 0 Å². The van der Waals surface area contributed by atoms with Gasteiger partial charge in [0.05, 0.1) is 0 Å². The number of hydrogen-bond donors (Lipinski definition) is 1. The molecule has 0 spiro atoms. The van der Waals surface area contributed by atoms with E-state index in [4.69, 9.17) is 5.73 Å². The Morgan fingerprint density at radius 1 is 1.41 bits per heavy atom. The zero-order chi connectivity index (χ0) is 12.3. The third-order valence-corrected chi connectivity index (χ3v) is 5.07. The molecule has 2 rings (SSSR count). The number of rotatable bonds is 4. The van der Waals surface area contributed by atoms with Crippen LogP contribution in [-0.4, -0.2) is 6.04 Å². The minimum absolute atomic E-state index is 0.408. The van der Waals surface area contributed by atoms with Gasteiger partial charge in [-0.1, -0.05) is 13.8 Å². The summed E-state index contributed by atoms with van der Waals surface area (Å²) < 4.78 is 0. The first-order valence-corrected chi connectivity index (χ1v) is 7.78. The van der Waals surface area contributed by atoms with Crippen LogP contribution >= 0.6 is 11.3 Å². The fourth-order valence-electron chi connectivity index (χ4n) is 2.85. The number of aryl methyl sites for hydroxylation is 1. The Labute approximate surface area is 109 Å². The predicted octanol–water partition coefficient (Wildman–Crippen LogP) is 4.22. The molecule has 0 radical (unpaired) electrons. The van der Waals surface area contributed by atoms with Gasteiger partial charge in [0, 0.05) is 6.04 Å². The van der Waals surface area contributed by atoms with Gasteiger partial charge < -0.3 is 5.73 Å². The van der Waals surface area contributed by atoms with Crippen LogP contribution in [-0.2, 0) is 6.42 Å². The Kier molecular flexibility index (Phi) is 4.26. The lowest BCUT2D eigenvalue weighted by Gasteiger charge is -2.36. The van der Waals surface area contributed by atoms with Crippen molar-refractivity contribution in [1.82, 2.24) is 0 Å². The summed E-state index contributed by atoms with van der Waals surface area (Å²) in [6, 6.07) is 2.63. The molecule has 17 heavy (non-hydrogen) atoms. The van der Waals surface area contributed by atoms with Gasteiger partial charge in [-0.05, 0) is 72.2 Å². The molecule has 1 saturated carbocycles. The van der Waals surface area contributed by atoms with Gasteiger partial charge in [0.1, 0.15) is 0 Å². The van der Waals surface area contributed by atoms with Gasteiger partial charge in [0.15, 0.2) is 0 Å². The van der Waals surface area contributed by atoms with Crippen LogP contribution in [0.4, 0.5) is 0 Å². The summed E-state index contributed by atoms with van der Waals surface area (Å²) in [6.07, 6.45) is 7.68. The van der Waals surface area contributed by atoms with Crippen molar-refractivity contribution in [2.45, 2.75) is 58.4 Å². The Balaban J connectivity index is 1.75. The van der Waals surface area contributed by atoms with Gasteiger partial charge in [-0.25, -0.2) is 0 Å². The number of nitrogens with two attached hydrogens (primary N) is 1. The van der Waals surface area contributed by atoms with Gasteiger partial charge in [-0.15, -0.1) is 0 Å². The molecule has 2 N–H and O–H groups in total. The zero-order valence-electron chi connectivity index (χ0n) is 11.1. The van der Waals surface area contributed by atoms with E-state index in [1.54, 1.807) is 11.3 Å². The lowest BCUT2D eigenvalue weighted by atomic mass is 9.70. The maximum absolute atomic E-state index is 6.36. The van der Waals surface area contributed by atoms with Crippen molar-refractivity contribution in [2.24, 2.45) is 17.1 Å². The molecule has 1 atom stereocenters. The molecule has 1 aromatic rings. The summed E-state index contributed by atoms with van der Waals surface area (Å²) in [4.78, 5) is 0. The van der Waals surface area contributed by atoms with Crippen molar-refractivity contribution in [1.29, 1.82) is 0 Å². The second-order valence-electron chi connectivity index (χ2n) is 6.34. The molecule has 0 aromatic carbocycles. The lowest BCUT2D eigenvalue weighted by molar-refractivity contribution is 0.170. The van der Waals surface area contributed by atoms with Crippen molar-refractivity contribution in [2.75, 3.05) is 0 Å². The van der Waals surface area contributed by atoms with Crippen LogP contribution in [0.3, 0.4) is 0 Å². The molecule has 0 bridgehead atoms. The molecule has 2 heteroatoms. The molecule has 0 saturated heterocycles. The van der Waals surface area contributed by atoms with E-state index in [2.05, 4.69) is 30.7 Å². The highest BCUT2D eigenvalue weighted by Crippen LogP contribution is 2.39. The minimum atomic E-state index is 0.408.